The van der Waals surface area contributed by atoms with Crippen LogP contribution >= 0.6 is 0 Å². The van der Waals surface area contributed by atoms with Gasteiger partial charge in [-0.05, 0) is 18.1 Å². The molecule has 0 amide bonds. The van der Waals surface area contributed by atoms with Gasteiger partial charge in [0.2, 0.25) is 0 Å². The molecule has 0 aromatic heterocycles. The summed E-state index contributed by atoms with van der Waals surface area (Å²) in [5.41, 5.74) is 0.518. The highest BCUT2D eigenvalue weighted by molar-refractivity contribution is 7.91. The molecule has 1 aliphatic rings. The van der Waals surface area contributed by atoms with Crippen LogP contribution in [0.4, 0.5) is 0 Å². The summed E-state index contributed by atoms with van der Waals surface area (Å²) >= 11 is 0. The predicted octanol–water partition coefficient (Wildman–Crippen LogP) is 0.870. The summed E-state index contributed by atoms with van der Waals surface area (Å²) in [5.74, 6) is -0.666. The number of carboxylic acid groups (broad SMARTS) is 1. The largest absolute Gasteiger partial charge is 0.491 e. The molecule has 0 aliphatic carbocycles. The van der Waals surface area contributed by atoms with Crippen molar-refractivity contribution < 1.29 is 23.1 Å². The maximum atomic E-state index is 11.9. The standard InChI is InChI=1S/C11H12O5S/c12-10(13)5-4-8-2-1-3-9-11(8)17(14,15)7-6-16-9/h1-3H,4-7H2,(H,12,13). The van der Waals surface area contributed by atoms with Crippen molar-refractivity contribution in [3.05, 3.63) is 23.8 Å². The van der Waals surface area contributed by atoms with Crippen molar-refractivity contribution in [1.29, 1.82) is 0 Å². The fourth-order valence-corrected chi connectivity index (χ4v) is 3.34. The SMILES string of the molecule is O=C(O)CCc1cccc2c1S(=O)(=O)CCO2. The van der Waals surface area contributed by atoms with Crippen LogP contribution in [0.2, 0.25) is 0 Å². The summed E-state index contributed by atoms with van der Waals surface area (Å²) in [6.45, 7) is 0.151. The summed E-state index contributed by atoms with van der Waals surface area (Å²) in [4.78, 5) is 10.7. The highest BCUT2D eigenvalue weighted by Gasteiger charge is 2.27. The number of ether oxygens (including phenoxy) is 1. The first-order chi connectivity index (χ1) is 8.00. The van der Waals surface area contributed by atoms with E-state index >= 15 is 0 Å². The number of rotatable bonds is 3. The summed E-state index contributed by atoms with van der Waals surface area (Å²) in [7, 11) is -3.34. The molecule has 1 aromatic carbocycles. The molecule has 0 bridgehead atoms. The molecule has 2 rings (SSSR count). The second kappa shape index (κ2) is 4.37. The number of hydrogen-bond acceptors (Lipinski definition) is 4. The zero-order valence-electron chi connectivity index (χ0n) is 9.05. The molecule has 17 heavy (non-hydrogen) atoms. The third kappa shape index (κ3) is 2.41. The Morgan fingerprint density at radius 1 is 1.41 bits per heavy atom. The smallest absolute Gasteiger partial charge is 0.303 e. The van der Waals surface area contributed by atoms with Gasteiger partial charge in [-0.15, -0.1) is 0 Å². The normalized spacial score (nSPS) is 16.9. The van der Waals surface area contributed by atoms with Crippen molar-refractivity contribution in [2.45, 2.75) is 17.7 Å². The van der Waals surface area contributed by atoms with Gasteiger partial charge in [0.15, 0.2) is 9.84 Å². The summed E-state index contributed by atoms with van der Waals surface area (Å²) in [6.07, 6.45) is 0.104. The zero-order valence-corrected chi connectivity index (χ0v) is 9.87. The molecule has 5 nitrogen and oxygen atoms in total. The summed E-state index contributed by atoms with van der Waals surface area (Å²) in [5, 5.41) is 8.63. The van der Waals surface area contributed by atoms with Crippen LogP contribution in [0.25, 0.3) is 0 Å². The van der Waals surface area contributed by atoms with Crippen molar-refractivity contribution in [2.75, 3.05) is 12.4 Å². The van der Waals surface area contributed by atoms with E-state index in [-0.39, 0.29) is 30.1 Å². The number of hydrogen-bond donors (Lipinski definition) is 1. The fourth-order valence-electron chi connectivity index (χ4n) is 1.83. The molecule has 0 saturated heterocycles. The first-order valence-corrected chi connectivity index (χ1v) is 6.85. The van der Waals surface area contributed by atoms with E-state index in [9.17, 15) is 13.2 Å². The molecule has 6 heteroatoms. The van der Waals surface area contributed by atoms with Crippen molar-refractivity contribution in [3.63, 3.8) is 0 Å². The third-order valence-corrected chi connectivity index (χ3v) is 4.38. The zero-order chi connectivity index (χ0) is 12.5. The topological polar surface area (TPSA) is 80.7 Å². The molecule has 0 saturated carbocycles. The monoisotopic (exact) mass is 256 g/mol. The van der Waals surface area contributed by atoms with Crippen LogP contribution in [0.15, 0.2) is 23.1 Å². The number of carboxylic acids is 1. The average Bonchev–Trinajstić information content (AvgIpc) is 2.25. The van der Waals surface area contributed by atoms with Gasteiger partial charge in [0.1, 0.15) is 17.3 Å². The van der Waals surface area contributed by atoms with Crippen LogP contribution in [-0.4, -0.2) is 31.9 Å². The van der Waals surface area contributed by atoms with Gasteiger partial charge in [0.25, 0.3) is 0 Å². The van der Waals surface area contributed by atoms with Crippen LogP contribution < -0.4 is 4.74 Å². The molecule has 1 aromatic rings. The Morgan fingerprint density at radius 3 is 2.88 bits per heavy atom. The third-order valence-electron chi connectivity index (χ3n) is 2.59. The van der Waals surface area contributed by atoms with Crippen molar-refractivity contribution in [1.82, 2.24) is 0 Å². The quantitative estimate of drug-likeness (QED) is 0.867. The Balaban J connectivity index is 2.44. The highest BCUT2D eigenvalue weighted by Crippen LogP contribution is 2.32. The first kappa shape index (κ1) is 11.9. The number of aryl methyl sites for hydroxylation is 1. The van der Waals surface area contributed by atoms with Gasteiger partial charge >= 0.3 is 5.97 Å². The lowest BCUT2D eigenvalue weighted by Crippen LogP contribution is -2.22. The van der Waals surface area contributed by atoms with E-state index < -0.39 is 15.8 Å². The number of benzene rings is 1. The average molecular weight is 256 g/mol. The van der Waals surface area contributed by atoms with Crippen LogP contribution in [0.1, 0.15) is 12.0 Å². The van der Waals surface area contributed by atoms with Gasteiger partial charge in [-0.25, -0.2) is 8.42 Å². The first-order valence-electron chi connectivity index (χ1n) is 5.20. The lowest BCUT2D eigenvalue weighted by Gasteiger charge is -2.20. The Bertz CT molecular complexity index is 547. The number of sulfone groups is 1. The molecule has 0 fully saturated rings. The summed E-state index contributed by atoms with van der Waals surface area (Å²) in [6, 6.07) is 4.90. The molecule has 0 radical (unpaired) electrons. The van der Waals surface area contributed by atoms with Crippen molar-refractivity contribution in [3.8, 4) is 5.75 Å². The molecule has 0 atom stereocenters. The van der Waals surface area contributed by atoms with Gasteiger partial charge < -0.3 is 9.84 Å². The molecule has 92 valence electrons. The Hall–Kier alpha value is -1.56. The van der Waals surface area contributed by atoms with Crippen molar-refractivity contribution >= 4 is 15.8 Å². The molecule has 1 aliphatic heterocycles. The van der Waals surface area contributed by atoms with E-state index in [2.05, 4.69) is 0 Å². The van der Waals surface area contributed by atoms with E-state index in [1.54, 1.807) is 18.2 Å². The minimum absolute atomic E-state index is 0.0515. The van der Waals surface area contributed by atoms with Crippen LogP contribution in [0.3, 0.4) is 0 Å². The maximum Gasteiger partial charge on any atom is 0.303 e. The lowest BCUT2D eigenvalue weighted by molar-refractivity contribution is -0.136. The van der Waals surface area contributed by atoms with Crippen molar-refractivity contribution in [2.24, 2.45) is 0 Å². The van der Waals surface area contributed by atoms with E-state index in [0.29, 0.717) is 11.3 Å². The Morgan fingerprint density at radius 2 is 2.18 bits per heavy atom. The lowest BCUT2D eigenvalue weighted by atomic mass is 10.1. The van der Waals surface area contributed by atoms with E-state index in [1.165, 1.54) is 0 Å². The minimum Gasteiger partial charge on any atom is -0.491 e. The number of carbonyl (C=O) groups is 1. The van der Waals surface area contributed by atoms with Gasteiger partial charge in [-0.1, -0.05) is 12.1 Å². The van der Waals surface area contributed by atoms with Gasteiger partial charge in [-0.3, -0.25) is 4.79 Å². The molecular weight excluding hydrogens is 244 g/mol. The Labute approximate surface area is 98.9 Å². The number of fused-ring (bicyclic) bond motifs is 1. The fraction of sp³-hybridized carbons (Fsp3) is 0.364. The maximum absolute atomic E-state index is 11.9. The Kier molecular flexibility index (Phi) is 3.06. The molecular formula is C11H12O5S. The second-order valence-electron chi connectivity index (χ2n) is 3.81. The highest BCUT2D eigenvalue weighted by atomic mass is 32.2. The molecule has 1 N–H and O–H groups in total. The van der Waals surface area contributed by atoms with E-state index in [4.69, 9.17) is 9.84 Å². The molecule has 0 spiro atoms. The van der Waals surface area contributed by atoms with Gasteiger partial charge in [0.05, 0.1) is 5.75 Å². The molecule has 1 heterocycles. The van der Waals surface area contributed by atoms with E-state index in [0.717, 1.165) is 0 Å². The summed E-state index contributed by atoms with van der Waals surface area (Å²) < 4.78 is 29.1. The van der Waals surface area contributed by atoms with Gasteiger partial charge in [0, 0.05) is 6.42 Å². The minimum atomic E-state index is -3.34. The van der Waals surface area contributed by atoms with Crippen LogP contribution in [-0.2, 0) is 21.1 Å². The van der Waals surface area contributed by atoms with Gasteiger partial charge in [-0.2, -0.15) is 0 Å². The number of aliphatic carboxylic acids is 1. The van der Waals surface area contributed by atoms with Crippen LogP contribution in [0, 0.1) is 0 Å². The predicted molar refractivity (Wildman–Crippen MR) is 59.9 cm³/mol. The second-order valence-corrected chi connectivity index (χ2v) is 5.85. The van der Waals surface area contributed by atoms with E-state index in [1.807, 2.05) is 0 Å². The molecule has 0 unspecified atom stereocenters. The van der Waals surface area contributed by atoms with Crippen LogP contribution in [0.5, 0.6) is 5.75 Å².